The van der Waals surface area contributed by atoms with Crippen molar-refractivity contribution in [1.82, 2.24) is 5.32 Å². The zero-order valence-corrected chi connectivity index (χ0v) is 12.7. The average Bonchev–Trinajstić information content (AvgIpc) is 2.43. The molecule has 0 saturated heterocycles. The van der Waals surface area contributed by atoms with E-state index in [9.17, 15) is 5.11 Å². The van der Waals surface area contributed by atoms with Crippen LogP contribution >= 0.6 is 0 Å². The summed E-state index contributed by atoms with van der Waals surface area (Å²) in [6.45, 7) is 6.94. The third-order valence-corrected chi connectivity index (χ3v) is 3.30. The fourth-order valence-electron chi connectivity index (χ4n) is 1.87. The number of rotatable bonds is 9. The topological polar surface area (TPSA) is 61.7 Å². The van der Waals surface area contributed by atoms with E-state index >= 15 is 0 Å². The molecule has 0 aliphatic rings. The number of hydrogen-bond acceptors (Lipinski definition) is 4. The third-order valence-electron chi connectivity index (χ3n) is 3.30. The van der Waals surface area contributed by atoms with Crippen LogP contribution in [0.1, 0.15) is 32.8 Å². The monoisotopic (exact) mass is 281 g/mol. The summed E-state index contributed by atoms with van der Waals surface area (Å²) in [6, 6.07) is 7.91. The summed E-state index contributed by atoms with van der Waals surface area (Å²) in [4.78, 5) is 0. The van der Waals surface area contributed by atoms with E-state index in [-0.39, 0.29) is 18.8 Å². The summed E-state index contributed by atoms with van der Waals surface area (Å²) < 4.78 is 5.60. The third kappa shape index (κ3) is 6.37. The Morgan fingerprint density at radius 3 is 2.75 bits per heavy atom. The maximum atomic E-state index is 9.92. The number of nitrogens with one attached hydrogen (secondary N) is 1. The summed E-state index contributed by atoms with van der Waals surface area (Å²) in [6.07, 6.45) is 1.05. The predicted molar refractivity (Wildman–Crippen MR) is 81.1 cm³/mol. The Labute approximate surface area is 121 Å². The van der Waals surface area contributed by atoms with Crippen molar-refractivity contribution in [2.75, 3.05) is 19.8 Å². The van der Waals surface area contributed by atoms with Gasteiger partial charge < -0.3 is 20.3 Å². The molecule has 0 aliphatic carbocycles. The highest BCUT2D eigenvalue weighted by Crippen LogP contribution is 2.14. The molecule has 0 aliphatic heterocycles. The maximum absolute atomic E-state index is 9.92. The standard InChI is InChI=1S/C16H27NO3/c1-4-13-6-5-7-15(10-13)20-12-14(19)11-17-16(2,3)8-9-18/h5-7,10,14,17-19H,4,8-9,11-12H2,1-3H3. The summed E-state index contributed by atoms with van der Waals surface area (Å²) in [5.41, 5.74) is 1.04. The van der Waals surface area contributed by atoms with Crippen LogP contribution in [-0.2, 0) is 6.42 Å². The van der Waals surface area contributed by atoms with E-state index in [0.717, 1.165) is 12.2 Å². The van der Waals surface area contributed by atoms with Crippen molar-refractivity contribution in [3.05, 3.63) is 29.8 Å². The molecule has 1 unspecified atom stereocenters. The average molecular weight is 281 g/mol. The summed E-state index contributed by atoms with van der Waals surface area (Å²) in [5, 5.41) is 22.1. The van der Waals surface area contributed by atoms with Crippen LogP contribution in [0, 0.1) is 0 Å². The highest BCUT2D eigenvalue weighted by molar-refractivity contribution is 5.28. The summed E-state index contributed by atoms with van der Waals surface area (Å²) >= 11 is 0. The molecule has 1 rings (SSSR count). The number of benzene rings is 1. The molecule has 1 aromatic rings. The molecular formula is C16H27NO3. The van der Waals surface area contributed by atoms with E-state index in [2.05, 4.69) is 18.3 Å². The smallest absolute Gasteiger partial charge is 0.119 e. The molecule has 0 saturated carbocycles. The molecule has 0 amide bonds. The van der Waals surface area contributed by atoms with Crippen molar-refractivity contribution in [1.29, 1.82) is 0 Å². The van der Waals surface area contributed by atoms with Crippen LogP contribution in [0.4, 0.5) is 0 Å². The predicted octanol–water partition coefficient (Wildman–Crippen LogP) is 1.74. The van der Waals surface area contributed by atoms with Gasteiger partial charge in [-0.3, -0.25) is 0 Å². The number of aliphatic hydroxyl groups excluding tert-OH is 2. The second kappa shape index (κ2) is 8.25. The zero-order chi connectivity index (χ0) is 15.0. The van der Waals surface area contributed by atoms with Crippen molar-refractivity contribution >= 4 is 0 Å². The normalized spacial score (nSPS) is 13.2. The molecule has 0 fully saturated rings. The highest BCUT2D eigenvalue weighted by atomic mass is 16.5. The van der Waals surface area contributed by atoms with Gasteiger partial charge in [0.05, 0.1) is 0 Å². The fourth-order valence-corrected chi connectivity index (χ4v) is 1.87. The van der Waals surface area contributed by atoms with Crippen LogP contribution in [0.15, 0.2) is 24.3 Å². The molecule has 3 N–H and O–H groups in total. The van der Waals surface area contributed by atoms with E-state index in [0.29, 0.717) is 13.0 Å². The molecule has 0 spiro atoms. The molecule has 20 heavy (non-hydrogen) atoms. The lowest BCUT2D eigenvalue weighted by Gasteiger charge is -2.27. The Kier molecular flexibility index (Phi) is 6.99. The highest BCUT2D eigenvalue weighted by Gasteiger charge is 2.17. The first kappa shape index (κ1) is 17.0. The molecule has 0 bridgehead atoms. The molecule has 114 valence electrons. The quantitative estimate of drug-likeness (QED) is 0.645. The van der Waals surface area contributed by atoms with Gasteiger partial charge in [-0.15, -0.1) is 0 Å². The van der Waals surface area contributed by atoms with Gasteiger partial charge in [-0.2, -0.15) is 0 Å². The maximum Gasteiger partial charge on any atom is 0.119 e. The Morgan fingerprint density at radius 1 is 1.35 bits per heavy atom. The molecule has 1 aromatic carbocycles. The van der Waals surface area contributed by atoms with Crippen molar-refractivity contribution < 1.29 is 14.9 Å². The Bertz CT molecular complexity index is 393. The number of aliphatic hydroxyl groups is 2. The second-order valence-corrected chi connectivity index (χ2v) is 5.70. The van der Waals surface area contributed by atoms with E-state index in [4.69, 9.17) is 9.84 Å². The first-order valence-corrected chi connectivity index (χ1v) is 7.22. The summed E-state index contributed by atoms with van der Waals surface area (Å²) in [5.74, 6) is 0.790. The number of β-amino-alcohol motifs (C(OH)–C–C–N with tert-alkyl or cyclic N) is 1. The first-order chi connectivity index (χ1) is 9.46. The molecule has 0 radical (unpaired) electrons. The minimum absolute atomic E-state index is 0.135. The van der Waals surface area contributed by atoms with Crippen LogP contribution < -0.4 is 10.1 Å². The van der Waals surface area contributed by atoms with Gasteiger partial charge in [0.15, 0.2) is 0 Å². The number of hydrogen-bond donors (Lipinski definition) is 3. The number of aryl methyl sites for hydroxylation is 1. The largest absolute Gasteiger partial charge is 0.491 e. The van der Waals surface area contributed by atoms with Crippen LogP contribution in [0.3, 0.4) is 0 Å². The van der Waals surface area contributed by atoms with E-state index in [1.807, 2.05) is 32.0 Å². The van der Waals surface area contributed by atoms with Crippen molar-refractivity contribution in [3.8, 4) is 5.75 Å². The molecule has 1 atom stereocenters. The van der Waals surface area contributed by atoms with Gasteiger partial charge in [0, 0.05) is 18.7 Å². The van der Waals surface area contributed by atoms with E-state index < -0.39 is 6.10 Å². The van der Waals surface area contributed by atoms with Crippen LogP contribution in [0.5, 0.6) is 5.75 Å². The van der Waals surface area contributed by atoms with Crippen molar-refractivity contribution in [2.45, 2.75) is 45.3 Å². The van der Waals surface area contributed by atoms with Crippen LogP contribution in [0.25, 0.3) is 0 Å². The minimum Gasteiger partial charge on any atom is -0.491 e. The molecule has 4 nitrogen and oxygen atoms in total. The van der Waals surface area contributed by atoms with Gasteiger partial charge in [-0.05, 0) is 44.4 Å². The minimum atomic E-state index is -0.571. The molecule has 0 heterocycles. The first-order valence-electron chi connectivity index (χ1n) is 7.22. The van der Waals surface area contributed by atoms with Gasteiger partial charge in [0.2, 0.25) is 0 Å². The SMILES string of the molecule is CCc1cccc(OCC(O)CNC(C)(C)CCO)c1. The lowest BCUT2D eigenvalue weighted by molar-refractivity contribution is 0.0959. The van der Waals surface area contributed by atoms with Gasteiger partial charge >= 0.3 is 0 Å². The lowest BCUT2D eigenvalue weighted by Crippen LogP contribution is -2.45. The van der Waals surface area contributed by atoms with Gasteiger partial charge in [-0.25, -0.2) is 0 Å². The Morgan fingerprint density at radius 2 is 2.10 bits per heavy atom. The molecular weight excluding hydrogens is 254 g/mol. The Hall–Kier alpha value is -1.10. The van der Waals surface area contributed by atoms with Gasteiger partial charge in [0.25, 0.3) is 0 Å². The van der Waals surface area contributed by atoms with E-state index in [1.165, 1.54) is 5.56 Å². The van der Waals surface area contributed by atoms with Gasteiger partial charge in [0.1, 0.15) is 18.5 Å². The lowest BCUT2D eigenvalue weighted by atomic mass is 10.0. The van der Waals surface area contributed by atoms with Crippen LogP contribution in [0.2, 0.25) is 0 Å². The van der Waals surface area contributed by atoms with Crippen molar-refractivity contribution in [2.24, 2.45) is 0 Å². The molecule has 0 aromatic heterocycles. The fraction of sp³-hybridized carbons (Fsp3) is 0.625. The van der Waals surface area contributed by atoms with Crippen molar-refractivity contribution in [3.63, 3.8) is 0 Å². The number of ether oxygens (including phenoxy) is 1. The Balaban J connectivity index is 2.34. The zero-order valence-electron chi connectivity index (χ0n) is 12.7. The second-order valence-electron chi connectivity index (χ2n) is 5.70. The van der Waals surface area contributed by atoms with E-state index in [1.54, 1.807) is 0 Å². The summed E-state index contributed by atoms with van der Waals surface area (Å²) in [7, 11) is 0. The van der Waals surface area contributed by atoms with Crippen LogP contribution in [-0.4, -0.2) is 41.6 Å². The molecule has 4 heteroatoms. The van der Waals surface area contributed by atoms with Gasteiger partial charge in [-0.1, -0.05) is 19.1 Å².